The van der Waals surface area contributed by atoms with E-state index in [9.17, 15) is 4.79 Å². The first-order chi connectivity index (χ1) is 12.0. The van der Waals surface area contributed by atoms with Gasteiger partial charge in [0.2, 0.25) is 0 Å². The lowest BCUT2D eigenvalue weighted by molar-refractivity contribution is 0.0933. The third kappa shape index (κ3) is 4.54. The Kier molecular flexibility index (Phi) is 5.99. The molecule has 2 atom stereocenters. The quantitative estimate of drug-likeness (QED) is 0.642. The molecule has 1 fully saturated rings. The standard InChI is InChI=1S/C21H24INO2/c1-14(2)25-16-12-10-15(11-13-16)17-7-5-9-20(17)23-21(24)18-6-3-4-8-19(18)22/h3-4,6,8,10-14,17,20H,5,7,9H2,1-2H3,(H,23,24)/t17-,20-/m1/s1. The van der Waals surface area contributed by atoms with Crippen LogP contribution in [0.1, 0.15) is 54.9 Å². The minimum atomic E-state index is 0.0293. The van der Waals surface area contributed by atoms with Crippen LogP contribution in [0.2, 0.25) is 0 Å². The van der Waals surface area contributed by atoms with Crippen molar-refractivity contribution < 1.29 is 9.53 Å². The average molecular weight is 449 g/mol. The van der Waals surface area contributed by atoms with Gasteiger partial charge in [0.05, 0.1) is 11.7 Å². The van der Waals surface area contributed by atoms with Crippen molar-refractivity contribution in [2.24, 2.45) is 0 Å². The average Bonchev–Trinajstić information content (AvgIpc) is 3.03. The summed E-state index contributed by atoms with van der Waals surface area (Å²) < 4.78 is 6.71. The molecule has 0 aliphatic heterocycles. The van der Waals surface area contributed by atoms with Gasteiger partial charge in [-0.1, -0.05) is 30.7 Å². The van der Waals surface area contributed by atoms with Gasteiger partial charge in [0.25, 0.3) is 5.91 Å². The summed E-state index contributed by atoms with van der Waals surface area (Å²) in [5.41, 5.74) is 2.04. The molecule has 0 aromatic heterocycles. The third-order valence-electron chi connectivity index (χ3n) is 4.63. The van der Waals surface area contributed by atoms with Gasteiger partial charge in [-0.2, -0.15) is 0 Å². The van der Waals surface area contributed by atoms with E-state index in [1.807, 2.05) is 50.2 Å². The summed E-state index contributed by atoms with van der Waals surface area (Å²) in [4.78, 5) is 12.6. The van der Waals surface area contributed by atoms with Gasteiger partial charge in [-0.3, -0.25) is 4.79 Å². The van der Waals surface area contributed by atoms with Crippen LogP contribution in [0.15, 0.2) is 48.5 Å². The van der Waals surface area contributed by atoms with Crippen molar-refractivity contribution in [2.75, 3.05) is 0 Å². The van der Waals surface area contributed by atoms with Gasteiger partial charge in [0.15, 0.2) is 0 Å². The van der Waals surface area contributed by atoms with Crippen LogP contribution in [0.5, 0.6) is 5.75 Å². The zero-order valence-electron chi connectivity index (χ0n) is 14.7. The Morgan fingerprint density at radius 2 is 1.84 bits per heavy atom. The molecular weight excluding hydrogens is 425 g/mol. The second-order valence-electron chi connectivity index (χ2n) is 6.83. The minimum Gasteiger partial charge on any atom is -0.491 e. The monoisotopic (exact) mass is 449 g/mol. The first kappa shape index (κ1) is 18.2. The summed E-state index contributed by atoms with van der Waals surface area (Å²) in [5.74, 6) is 1.30. The van der Waals surface area contributed by atoms with Crippen LogP contribution in [-0.4, -0.2) is 18.1 Å². The van der Waals surface area contributed by atoms with Crippen LogP contribution < -0.4 is 10.1 Å². The molecule has 1 aliphatic rings. The summed E-state index contributed by atoms with van der Waals surface area (Å²) in [6.07, 6.45) is 3.47. The van der Waals surface area contributed by atoms with Crippen LogP contribution in [-0.2, 0) is 0 Å². The SMILES string of the molecule is CC(C)Oc1ccc([C@H]2CCC[C@H]2NC(=O)c2ccccc2I)cc1. The Hall–Kier alpha value is -1.56. The number of carbonyl (C=O) groups excluding carboxylic acids is 1. The van der Waals surface area contributed by atoms with Crippen LogP contribution in [0.25, 0.3) is 0 Å². The highest BCUT2D eigenvalue weighted by atomic mass is 127. The summed E-state index contributed by atoms with van der Waals surface area (Å²) >= 11 is 2.22. The highest BCUT2D eigenvalue weighted by Gasteiger charge is 2.30. The number of benzene rings is 2. The lowest BCUT2D eigenvalue weighted by Crippen LogP contribution is -2.36. The fourth-order valence-electron chi connectivity index (χ4n) is 3.49. The largest absolute Gasteiger partial charge is 0.491 e. The second kappa shape index (κ2) is 8.21. The molecule has 132 valence electrons. The molecule has 1 amide bonds. The Morgan fingerprint density at radius 1 is 1.12 bits per heavy atom. The molecule has 2 aromatic carbocycles. The Bertz CT molecular complexity index is 727. The third-order valence-corrected chi connectivity index (χ3v) is 5.57. The van der Waals surface area contributed by atoms with Crippen molar-refractivity contribution in [3.63, 3.8) is 0 Å². The van der Waals surface area contributed by atoms with Crippen LogP contribution in [0.4, 0.5) is 0 Å². The molecule has 0 saturated heterocycles. The molecule has 3 nitrogen and oxygen atoms in total. The zero-order chi connectivity index (χ0) is 17.8. The van der Waals surface area contributed by atoms with Gasteiger partial charge < -0.3 is 10.1 Å². The Balaban J connectivity index is 1.70. The van der Waals surface area contributed by atoms with E-state index < -0.39 is 0 Å². The van der Waals surface area contributed by atoms with Gasteiger partial charge in [0.1, 0.15) is 5.75 Å². The summed E-state index contributed by atoms with van der Waals surface area (Å²) in [5, 5.41) is 3.26. The maximum absolute atomic E-state index is 12.6. The molecule has 0 bridgehead atoms. The minimum absolute atomic E-state index is 0.0293. The number of hydrogen-bond acceptors (Lipinski definition) is 2. The van der Waals surface area contributed by atoms with Gasteiger partial charge in [-0.15, -0.1) is 0 Å². The molecule has 1 N–H and O–H groups in total. The van der Waals surface area contributed by atoms with E-state index in [1.54, 1.807) is 0 Å². The van der Waals surface area contributed by atoms with Gasteiger partial charge >= 0.3 is 0 Å². The summed E-state index contributed by atoms with van der Waals surface area (Å²) in [6.45, 7) is 4.06. The van der Waals surface area contributed by atoms with Crippen molar-refractivity contribution in [1.29, 1.82) is 0 Å². The highest BCUT2D eigenvalue weighted by Crippen LogP contribution is 2.35. The van der Waals surface area contributed by atoms with E-state index in [1.165, 1.54) is 5.56 Å². The number of carbonyl (C=O) groups is 1. The second-order valence-corrected chi connectivity index (χ2v) is 8.00. The molecule has 1 aliphatic carbocycles. The molecule has 2 aromatic rings. The highest BCUT2D eigenvalue weighted by molar-refractivity contribution is 14.1. The van der Waals surface area contributed by atoms with E-state index in [0.717, 1.165) is 34.1 Å². The maximum atomic E-state index is 12.6. The maximum Gasteiger partial charge on any atom is 0.252 e. The van der Waals surface area contributed by atoms with Crippen molar-refractivity contribution in [1.82, 2.24) is 5.32 Å². The van der Waals surface area contributed by atoms with E-state index in [-0.39, 0.29) is 18.1 Å². The molecule has 0 spiro atoms. The smallest absolute Gasteiger partial charge is 0.252 e. The predicted octanol–water partition coefficient (Wildman–Crippen LogP) is 5.14. The van der Waals surface area contributed by atoms with Gasteiger partial charge in [-0.25, -0.2) is 0 Å². The summed E-state index contributed by atoms with van der Waals surface area (Å²) in [6, 6.07) is 16.3. The number of halogens is 1. The van der Waals surface area contributed by atoms with Gasteiger partial charge in [-0.05, 0) is 79.1 Å². The van der Waals surface area contributed by atoms with Gasteiger partial charge in [0, 0.05) is 15.5 Å². The van der Waals surface area contributed by atoms with E-state index in [0.29, 0.717) is 5.92 Å². The van der Waals surface area contributed by atoms with Crippen molar-refractivity contribution in [2.45, 2.75) is 51.2 Å². The number of ether oxygens (including phenoxy) is 1. The van der Waals surface area contributed by atoms with Crippen LogP contribution in [0, 0.1) is 3.57 Å². The van der Waals surface area contributed by atoms with E-state index >= 15 is 0 Å². The Labute approximate surface area is 163 Å². The lowest BCUT2D eigenvalue weighted by Gasteiger charge is -2.22. The number of amides is 1. The molecule has 25 heavy (non-hydrogen) atoms. The van der Waals surface area contributed by atoms with Crippen LogP contribution >= 0.6 is 22.6 Å². The molecule has 1 saturated carbocycles. The van der Waals surface area contributed by atoms with Crippen molar-refractivity contribution >= 4 is 28.5 Å². The fraction of sp³-hybridized carbons (Fsp3) is 0.381. The fourth-order valence-corrected chi connectivity index (χ4v) is 4.12. The van der Waals surface area contributed by atoms with E-state index in [2.05, 4.69) is 40.0 Å². The van der Waals surface area contributed by atoms with Crippen molar-refractivity contribution in [3.8, 4) is 5.75 Å². The van der Waals surface area contributed by atoms with Crippen LogP contribution in [0.3, 0.4) is 0 Å². The number of nitrogens with one attached hydrogen (secondary N) is 1. The molecule has 0 unspecified atom stereocenters. The zero-order valence-corrected chi connectivity index (χ0v) is 16.8. The molecule has 4 heteroatoms. The van der Waals surface area contributed by atoms with Crippen molar-refractivity contribution in [3.05, 3.63) is 63.2 Å². The molecule has 3 rings (SSSR count). The summed E-state index contributed by atoms with van der Waals surface area (Å²) in [7, 11) is 0. The number of hydrogen-bond donors (Lipinski definition) is 1. The normalized spacial score (nSPS) is 19.8. The van der Waals surface area contributed by atoms with E-state index in [4.69, 9.17) is 4.74 Å². The molecular formula is C21H24INO2. The first-order valence-corrected chi connectivity index (χ1v) is 9.94. The predicted molar refractivity (Wildman–Crippen MR) is 109 cm³/mol. The first-order valence-electron chi connectivity index (χ1n) is 8.86. The lowest BCUT2D eigenvalue weighted by atomic mass is 9.93. The Morgan fingerprint density at radius 3 is 2.52 bits per heavy atom. The molecule has 0 heterocycles. The molecule has 0 radical (unpaired) electrons. The number of rotatable bonds is 5. The topological polar surface area (TPSA) is 38.3 Å².